The topological polar surface area (TPSA) is 37.3 Å². The maximum absolute atomic E-state index is 11.0. The minimum Gasteiger partial charge on any atom is -0.481 e. The van der Waals surface area contributed by atoms with Crippen LogP contribution < -0.4 is 0 Å². The number of carboxylic acid groups (broad SMARTS) is 1. The van der Waals surface area contributed by atoms with E-state index < -0.39 is 11.9 Å². The Bertz CT molecular complexity index is 402. The first kappa shape index (κ1) is 13.1. The smallest absolute Gasteiger partial charge is 0.307 e. The minimum atomic E-state index is -0.842. The van der Waals surface area contributed by atoms with Crippen LogP contribution in [0.2, 0.25) is 10.0 Å². The molecular weight excluding hydrogens is 247 g/mol. The number of rotatable bonds is 5. The van der Waals surface area contributed by atoms with Gasteiger partial charge in [-0.25, -0.2) is 0 Å². The maximum Gasteiger partial charge on any atom is 0.307 e. The predicted octanol–water partition coefficient (Wildman–Crippen LogP) is 3.81. The van der Waals surface area contributed by atoms with Crippen molar-refractivity contribution < 1.29 is 9.90 Å². The molecule has 0 saturated carbocycles. The van der Waals surface area contributed by atoms with Crippen LogP contribution in [0.1, 0.15) is 12.0 Å². The van der Waals surface area contributed by atoms with Gasteiger partial charge in [-0.15, -0.1) is 6.58 Å². The van der Waals surface area contributed by atoms with Crippen LogP contribution in [-0.4, -0.2) is 11.1 Å². The molecule has 1 unspecified atom stereocenters. The third-order valence-electron chi connectivity index (χ3n) is 2.28. The van der Waals surface area contributed by atoms with Crippen LogP contribution in [0.15, 0.2) is 30.9 Å². The lowest BCUT2D eigenvalue weighted by atomic mass is 9.96. The summed E-state index contributed by atoms with van der Waals surface area (Å²) in [6.07, 6.45) is 2.41. The van der Waals surface area contributed by atoms with Gasteiger partial charge in [-0.2, -0.15) is 0 Å². The molecule has 1 aromatic rings. The molecule has 0 aliphatic rings. The van der Waals surface area contributed by atoms with E-state index in [1.54, 1.807) is 24.3 Å². The van der Waals surface area contributed by atoms with Gasteiger partial charge in [-0.3, -0.25) is 4.79 Å². The number of halogens is 2. The molecule has 1 aromatic carbocycles. The highest BCUT2D eigenvalue weighted by molar-refractivity contribution is 6.35. The number of benzene rings is 1. The fourth-order valence-electron chi connectivity index (χ4n) is 1.43. The fraction of sp³-hybridized carbons (Fsp3) is 0.250. The van der Waals surface area contributed by atoms with Crippen LogP contribution in [0.5, 0.6) is 0 Å². The molecule has 2 nitrogen and oxygen atoms in total. The van der Waals surface area contributed by atoms with Crippen molar-refractivity contribution in [3.8, 4) is 0 Å². The van der Waals surface area contributed by atoms with E-state index >= 15 is 0 Å². The number of hydrogen-bond donors (Lipinski definition) is 1. The molecule has 0 aliphatic heterocycles. The van der Waals surface area contributed by atoms with E-state index in [0.717, 1.165) is 5.56 Å². The summed E-state index contributed by atoms with van der Waals surface area (Å²) in [5.74, 6) is -1.33. The standard InChI is InChI=1S/C12H12Cl2O2/c1-2-3-9(12(15)16)6-8-4-5-10(13)7-11(8)14/h2,4-5,7,9H,1,3,6H2,(H,15,16). The molecule has 86 valence electrons. The van der Waals surface area contributed by atoms with E-state index in [2.05, 4.69) is 6.58 Å². The summed E-state index contributed by atoms with van der Waals surface area (Å²) >= 11 is 11.7. The Kier molecular flexibility index (Phi) is 4.84. The number of hydrogen-bond acceptors (Lipinski definition) is 1. The second-order valence-corrected chi connectivity index (χ2v) is 4.34. The number of carboxylic acids is 1. The molecule has 0 aromatic heterocycles. The molecule has 0 heterocycles. The largest absolute Gasteiger partial charge is 0.481 e. The van der Waals surface area contributed by atoms with E-state index in [1.807, 2.05) is 0 Å². The van der Waals surface area contributed by atoms with Crippen LogP contribution in [0.4, 0.5) is 0 Å². The van der Waals surface area contributed by atoms with Crippen molar-refractivity contribution in [3.63, 3.8) is 0 Å². The molecule has 0 bridgehead atoms. The average Bonchev–Trinajstić information content (AvgIpc) is 2.20. The Balaban J connectivity index is 2.84. The normalized spacial score (nSPS) is 12.1. The van der Waals surface area contributed by atoms with Gasteiger partial charge in [0, 0.05) is 10.0 Å². The third-order valence-corrected chi connectivity index (χ3v) is 2.87. The first-order chi connectivity index (χ1) is 7.54. The molecule has 0 radical (unpaired) electrons. The summed E-state index contributed by atoms with van der Waals surface area (Å²) in [4.78, 5) is 11.0. The van der Waals surface area contributed by atoms with E-state index in [4.69, 9.17) is 28.3 Å². The van der Waals surface area contributed by atoms with Crippen molar-refractivity contribution in [1.82, 2.24) is 0 Å². The van der Waals surface area contributed by atoms with Gasteiger partial charge in [-0.1, -0.05) is 35.3 Å². The van der Waals surface area contributed by atoms with Crippen LogP contribution in [0, 0.1) is 5.92 Å². The Morgan fingerprint density at radius 3 is 2.69 bits per heavy atom. The molecule has 4 heteroatoms. The highest BCUT2D eigenvalue weighted by Gasteiger charge is 2.17. The average molecular weight is 259 g/mol. The first-order valence-corrected chi connectivity index (χ1v) is 5.57. The highest BCUT2D eigenvalue weighted by Crippen LogP contribution is 2.24. The zero-order valence-electron chi connectivity index (χ0n) is 8.62. The summed E-state index contributed by atoms with van der Waals surface area (Å²) in [6, 6.07) is 5.07. The Morgan fingerprint density at radius 2 is 2.19 bits per heavy atom. The van der Waals surface area contributed by atoms with Crippen molar-refractivity contribution in [3.05, 3.63) is 46.5 Å². The zero-order chi connectivity index (χ0) is 12.1. The molecule has 1 N–H and O–H groups in total. The van der Waals surface area contributed by atoms with Crippen molar-refractivity contribution in [1.29, 1.82) is 0 Å². The SMILES string of the molecule is C=CCC(Cc1ccc(Cl)cc1Cl)C(=O)O. The van der Waals surface area contributed by atoms with Gasteiger partial charge in [0.15, 0.2) is 0 Å². The molecule has 0 saturated heterocycles. The van der Waals surface area contributed by atoms with Crippen LogP contribution >= 0.6 is 23.2 Å². The molecule has 1 rings (SSSR count). The molecule has 0 spiro atoms. The Morgan fingerprint density at radius 1 is 1.50 bits per heavy atom. The monoisotopic (exact) mass is 258 g/mol. The summed E-state index contributed by atoms with van der Waals surface area (Å²) in [6.45, 7) is 3.54. The van der Waals surface area contributed by atoms with Gasteiger partial charge < -0.3 is 5.11 Å². The lowest BCUT2D eigenvalue weighted by Gasteiger charge is -2.11. The van der Waals surface area contributed by atoms with Crippen molar-refractivity contribution >= 4 is 29.2 Å². The lowest BCUT2D eigenvalue weighted by Crippen LogP contribution is -2.15. The molecule has 0 fully saturated rings. The second-order valence-electron chi connectivity index (χ2n) is 3.50. The van der Waals surface area contributed by atoms with Gasteiger partial charge in [0.25, 0.3) is 0 Å². The highest BCUT2D eigenvalue weighted by atomic mass is 35.5. The van der Waals surface area contributed by atoms with Crippen LogP contribution in [0.25, 0.3) is 0 Å². The van der Waals surface area contributed by atoms with E-state index in [9.17, 15) is 4.79 Å². The quantitative estimate of drug-likeness (QED) is 0.816. The van der Waals surface area contributed by atoms with Crippen molar-refractivity contribution in [2.45, 2.75) is 12.8 Å². The maximum atomic E-state index is 11.0. The van der Waals surface area contributed by atoms with Crippen LogP contribution in [-0.2, 0) is 11.2 Å². The van der Waals surface area contributed by atoms with Gasteiger partial charge >= 0.3 is 5.97 Å². The van der Waals surface area contributed by atoms with Gasteiger partial charge in [0.05, 0.1) is 5.92 Å². The second kappa shape index (κ2) is 5.92. The summed E-state index contributed by atoms with van der Waals surface area (Å²) < 4.78 is 0. The van der Waals surface area contributed by atoms with Gasteiger partial charge in [0.2, 0.25) is 0 Å². The van der Waals surface area contributed by atoms with E-state index in [0.29, 0.717) is 22.9 Å². The Labute approximate surface area is 104 Å². The summed E-state index contributed by atoms with van der Waals surface area (Å²) in [7, 11) is 0. The lowest BCUT2D eigenvalue weighted by molar-refractivity contribution is -0.141. The number of aliphatic carboxylic acids is 1. The summed E-state index contributed by atoms with van der Waals surface area (Å²) in [5.41, 5.74) is 0.792. The van der Waals surface area contributed by atoms with Crippen molar-refractivity contribution in [2.24, 2.45) is 5.92 Å². The molecule has 1 atom stereocenters. The molecule has 0 aliphatic carbocycles. The van der Waals surface area contributed by atoms with E-state index in [1.165, 1.54) is 0 Å². The third kappa shape index (κ3) is 3.54. The Hall–Kier alpha value is -0.990. The summed E-state index contributed by atoms with van der Waals surface area (Å²) in [5, 5.41) is 10.0. The first-order valence-electron chi connectivity index (χ1n) is 4.82. The molecule has 16 heavy (non-hydrogen) atoms. The number of carbonyl (C=O) groups is 1. The number of allylic oxidation sites excluding steroid dienone is 1. The zero-order valence-corrected chi connectivity index (χ0v) is 10.1. The molecule has 0 amide bonds. The van der Waals surface area contributed by atoms with Gasteiger partial charge in [0.1, 0.15) is 0 Å². The minimum absolute atomic E-state index is 0.386. The predicted molar refractivity (Wildman–Crippen MR) is 66.1 cm³/mol. The van der Waals surface area contributed by atoms with Crippen molar-refractivity contribution in [2.75, 3.05) is 0 Å². The fourth-order valence-corrected chi connectivity index (χ4v) is 1.91. The van der Waals surface area contributed by atoms with Gasteiger partial charge in [-0.05, 0) is 30.5 Å². The van der Waals surface area contributed by atoms with E-state index in [-0.39, 0.29) is 0 Å². The molecular formula is C12H12Cl2O2. The van der Waals surface area contributed by atoms with Crippen LogP contribution in [0.3, 0.4) is 0 Å².